The van der Waals surface area contributed by atoms with E-state index in [4.69, 9.17) is 10.9 Å². The summed E-state index contributed by atoms with van der Waals surface area (Å²) in [6.45, 7) is 3.47. The van der Waals surface area contributed by atoms with Crippen molar-refractivity contribution in [3.63, 3.8) is 0 Å². The number of primary sulfonamides is 1. The molecule has 1 atom stereocenters. The van der Waals surface area contributed by atoms with Crippen molar-refractivity contribution < 1.29 is 18.0 Å². The van der Waals surface area contributed by atoms with Gasteiger partial charge in [0.2, 0.25) is 15.9 Å². The molecule has 0 unspecified atom stereocenters. The molecule has 9 heteroatoms. The summed E-state index contributed by atoms with van der Waals surface area (Å²) >= 11 is 0. The maximum absolute atomic E-state index is 12.9. The van der Waals surface area contributed by atoms with Crippen LogP contribution in [0.4, 0.5) is 0 Å². The van der Waals surface area contributed by atoms with Crippen LogP contribution in [0.3, 0.4) is 0 Å². The van der Waals surface area contributed by atoms with E-state index in [0.29, 0.717) is 12.8 Å². The van der Waals surface area contributed by atoms with Gasteiger partial charge in [0.15, 0.2) is 11.7 Å². The molecule has 2 rings (SSSR count). The van der Waals surface area contributed by atoms with Crippen LogP contribution in [-0.4, -0.2) is 32.1 Å². The Morgan fingerprint density at radius 2 is 1.61 bits per heavy atom. The molecule has 2 aromatic carbocycles. The molecule has 31 heavy (non-hydrogen) atoms. The number of carbonyl (C=O) groups excluding carboxylic acids is 2. The maximum Gasteiger partial charge on any atom is 0.238 e. The third-order valence-electron chi connectivity index (χ3n) is 4.63. The van der Waals surface area contributed by atoms with Crippen LogP contribution in [0.25, 0.3) is 0 Å². The van der Waals surface area contributed by atoms with Crippen molar-refractivity contribution in [3.8, 4) is 0 Å². The Hall–Kier alpha value is -3.04. The molecule has 2 aromatic rings. The number of nitrogens with one attached hydrogen (secondary N) is 1. The summed E-state index contributed by atoms with van der Waals surface area (Å²) in [7, 11) is -3.76. The number of carbonyl (C=O) groups is 2. The topological polar surface area (TPSA) is 145 Å². The molecule has 0 bridgehead atoms. The van der Waals surface area contributed by atoms with Crippen LogP contribution in [0.2, 0.25) is 0 Å². The Morgan fingerprint density at radius 3 is 2.16 bits per heavy atom. The third-order valence-corrected chi connectivity index (χ3v) is 5.56. The number of Topliss-reactive ketones (excluding diaryl/α,β-unsaturated/α-hetero) is 1. The van der Waals surface area contributed by atoms with E-state index in [1.807, 2.05) is 30.3 Å². The molecule has 0 aliphatic carbocycles. The van der Waals surface area contributed by atoms with Gasteiger partial charge in [-0.25, -0.2) is 18.5 Å². The Labute approximate surface area is 182 Å². The number of sulfonamides is 1. The monoisotopic (exact) mass is 444 g/mol. The Bertz CT molecular complexity index is 1030. The van der Waals surface area contributed by atoms with Crippen LogP contribution in [0, 0.1) is 5.92 Å². The van der Waals surface area contributed by atoms with Gasteiger partial charge in [-0.05, 0) is 29.7 Å². The van der Waals surface area contributed by atoms with Gasteiger partial charge in [0.25, 0.3) is 0 Å². The zero-order valence-electron chi connectivity index (χ0n) is 17.6. The molecule has 0 aromatic heterocycles. The van der Waals surface area contributed by atoms with Crippen LogP contribution in [0.5, 0.6) is 0 Å². The minimum atomic E-state index is -3.76. The summed E-state index contributed by atoms with van der Waals surface area (Å²) < 4.78 is 22.7. The first-order chi connectivity index (χ1) is 14.6. The molecule has 0 aliphatic heterocycles. The predicted molar refractivity (Wildman–Crippen MR) is 120 cm³/mol. The van der Waals surface area contributed by atoms with Gasteiger partial charge in [0.1, 0.15) is 6.04 Å². The zero-order chi connectivity index (χ0) is 23.0. The standard InChI is InChI=1S/C22H28N4O4S/c1-15(2)21(28)26-22(23)25-19(14-17-6-4-3-5-7-17)20(27)13-10-16-8-11-18(12-9-16)31(24,29)30/h3-9,11-12,15,19H,10,13-14H2,1-2H3,(H2,24,29,30)(H3,23,25,26,28)/t19-/m1/s1. The highest BCUT2D eigenvalue weighted by atomic mass is 32.2. The Balaban J connectivity index is 2.12. The van der Waals surface area contributed by atoms with E-state index >= 15 is 0 Å². The van der Waals surface area contributed by atoms with Crippen molar-refractivity contribution in [2.75, 3.05) is 0 Å². The lowest BCUT2D eigenvalue weighted by atomic mass is 9.98. The van der Waals surface area contributed by atoms with Gasteiger partial charge in [0.05, 0.1) is 4.90 Å². The number of benzene rings is 2. The van der Waals surface area contributed by atoms with Crippen LogP contribution in [0.15, 0.2) is 64.5 Å². The first-order valence-corrected chi connectivity index (χ1v) is 11.4. The number of rotatable bonds is 9. The van der Waals surface area contributed by atoms with Crippen molar-refractivity contribution in [3.05, 3.63) is 65.7 Å². The number of aryl methyl sites for hydroxylation is 1. The molecule has 0 aliphatic rings. The first-order valence-electron chi connectivity index (χ1n) is 9.88. The quantitative estimate of drug-likeness (QED) is 0.397. The van der Waals surface area contributed by atoms with Gasteiger partial charge in [-0.15, -0.1) is 0 Å². The van der Waals surface area contributed by atoms with Crippen molar-refractivity contribution in [1.82, 2.24) is 5.32 Å². The summed E-state index contributed by atoms with van der Waals surface area (Å²) in [5, 5.41) is 7.62. The highest BCUT2D eigenvalue weighted by Crippen LogP contribution is 2.13. The lowest BCUT2D eigenvalue weighted by Gasteiger charge is -2.14. The molecule has 1 amide bonds. The Kier molecular flexibility index (Phi) is 8.47. The number of nitrogens with zero attached hydrogens (tertiary/aromatic N) is 1. The first kappa shape index (κ1) is 24.2. The van der Waals surface area contributed by atoms with Crippen LogP contribution < -0.4 is 16.2 Å². The van der Waals surface area contributed by atoms with Crippen molar-refractivity contribution >= 4 is 27.7 Å². The molecule has 0 saturated carbocycles. The number of ketones is 1. The SMILES string of the molecule is CC(C)C(=O)NC(N)=N[C@H](Cc1ccccc1)C(=O)CCc1ccc(S(N)(=O)=O)cc1. The summed E-state index contributed by atoms with van der Waals surface area (Å²) in [5.74, 6) is -0.772. The smallest absolute Gasteiger partial charge is 0.238 e. The molecular formula is C22H28N4O4S. The summed E-state index contributed by atoms with van der Waals surface area (Å²) in [4.78, 5) is 29.1. The van der Waals surface area contributed by atoms with Gasteiger partial charge in [-0.1, -0.05) is 56.3 Å². The molecule has 166 valence electrons. The normalized spacial score (nSPS) is 13.1. The second-order valence-corrected chi connectivity index (χ2v) is 9.08. The second kappa shape index (κ2) is 10.8. The van der Waals surface area contributed by atoms with E-state index in [2.05, 4.69) is 10.3 Å². The lowest BCUT2D eigenvalue weighted by molar-refractivity contribution is -0.123. The van der Waals surface area contributed by atoms with Gasteiger partial charge in [-0.2, -0.15) is 0 Å². The minimum absolute atomic E-state index is 0.0165. The molecule has 0 spiro atoms. The van der Waals surface area contributed by atoms with Gasteiger partial charge in [0, 0.05) is 18.8 Å². The molecule has 5 N–H and O–H groups in total. The molecular weight excluding hydrogens is 416 g/mol. The highest BCUT2D eigenvalue weighted by molar-refractivity contribution is 7.89. The van der Waals surface area contributed by atoms with Crippen LogP contribution in [-0.2, 0) is 32.5 Å². The van der Waals surface area contributed by atoms with E-state index < -0.39 is 16.1 Å². The fraction of sp³-hybridized carbons (Fsp3) is 0.318. The molecule has 0 saturated heterocycles. The molecule has 0 heterocycles. The predicted octanol–water partition coefficient (Wildman–Crippen LogP) is 1.53. The number of amides is 1. The molecule has 0 radical (unpaired) electrons. The third kappa shape index (κ3) is 7.95. The van der Waals surface area contributed by atoms with E-state index in [1.165, 1.54) is 12.1 Å². The van der Waals surface area contributed by atoms with Crippen LogP contribution >= 0.6 is 0 Å². The highest BCUT2D eigenvalue weighted by Gasteiger charge is 2.20. The van der Waals surface area contributed by atoms with Gasteiger partial charge >= 0.3 is 0 Å². The zero-order valence-corrected chi connectivity index (χ0v) is 18.4. The fourth-order valence-electron chi connectivity index (χ4n) is 2.82. The maximum atomic E-state index is 12.9. The van der Waals surface area contributed by atoms with E-state index in [0.717, 1.165) is 11.1 Å². The number of hydrogen-bond acceptors (Lipinski definition) is 5. The van der Waals surface area contributed by atoms with Crippen LogP contribution in [0.1, 0.15) is 31.4 Å². The molecule has 0 fully saturated rings. The number of nitrogens with two attached hydrogens (primary N) is 2. The van der Waals surface area contributed by atoms with Gasteiger partial charge in [-0.3, -0.25) is 14.9 Å². The van der Waals surface area contributed by atoms with E-state index in [-0.39, 0.29) is 34.9 Å². The van der Waals surface area contributed by atoms with Gasteiger partial charge < -0.3 is 5.73 Å². The lowest BCUT2D eigenvalue weighted by Crippen LogP contribution is -2.41. The number of hydrogen-bond donors (Lipinski definition) is 3. The summed E-state index contributed by atoms with van der Waals surface area (Å²) in [6.07, 6.45) is 0.937. The minimum Gasteiger partial charge on any atom is -0.370 e. The summed E-state index contributed by atoms with van der Waals surface area (Å²) in [5.41, 5.74) is 7.58. The van der Waals surface area contributed by atoms with Crippen molar-refractivity contribution in [2.24, 2.45) is 21.8 Å². The largest absolute Gasteiger partial charge is 0.370 e. The summed E-state index contributed by atoms with van der Waals surface area (Å²) in [6, 6.07) is 14.7. The fourth-order valence-corrected chi connectivity index (χ4v) is 3.33. The average Bonchev–Trinajstić information content (AvgIpc) is 2.71. The number of guanidine groups is 1. The van der Waals surface area contributed by atoms with E-state index in [9.17, 15) is 18.0 Å². The van der Waals surface area contributed by atoms with Crippen molar-refractivity contribution in [2.45, 2.75) is 44.0 Å². The van der Waals surface area contributed by atoms with E-state index in [1.54, 1.807) is 26.0 Å². The second-order valence-electron chi connectivity index (χ2n) is 7.52. The molecule has 8 nitrogen and oxygen atoms in total. The average molecular weight is 445 g/mol. The number of aliphatic imine (C=N–C) groups is 1. The Morgan fingerprint density at radius 1 is 1.00 bits per heavy atom. The van der Waals surface area contributed by atoms with Crippen molar-refractivity contribution in [1.29, 1.82) is 0 Å².